The summed E-state index contributed by atoms with van der Waals surface area (Å²) in [6.45, 7) is 1.85. The highest BCUT2D eigenvalue weighted by Gasteiger charge is 2.58. The molecule has 2 heterocycles. The largest absolute Gasteiger partial charge is 0.458 e. The molecule has 1 aromatic heterocycles. The lowest BCUT2D eigenvalue weighted by Crippen LogP contribution is -2.47. The molecule has 2 aromatic rings. The molecule has 1 aliphatic heterocycles. The van der Waals surface area contributed by atoms with E-state index in [1.807, 2.05) is 6.92 Å². The van der Waals surface area contributed by atoms with Crippen LogP contribution in [-0.2, 0) is 18.6 Å². The van der Waals surface area contributed by atoms with Crippen molar-refractivity contribution >= 4 is 0 Å². The minimum Gasteiger partial charge on any atom is -0.385 e. The average Bonchev–Trinajstić information content (AvgIpc) is 3.00. The van der Waals surface area contributed by atoms with Gasteiger partial charge in [-0.2, -0.15) is 22.0 Å². The van der Waals surface area contributed by atoms with E-state index in [4.69, 9.17) is 0 Å². The highest BCUT2D eigenvalue weighted by Crippen LogP contribution is 2.45. The number of nitrogens with one attached hydrogen (secondary N) is 1. The second-order valence-corrected chi connectivity index (χ2v) is 7.03. The fourth-order valence-electron chi connectivity index (χ4n) is 3.49. The third-order valence-electron chi connectivity index (χ3n) is 4.79. The second kappa shape index (κ2) is 6.52. The van der Waals surface area contributed by atoms with Crippen molar-refractivity contribution in [1.82, 2.24) is 20.3 Å². The van der Waals surface area contributed by atoms with Crippen LogP contribution in [0.1, 0.15) is 42.6 Å². The molecule has 1 fully saturated rings. The number of piperidine rings is 1. The lowest BCUT2D eigenvalue weighted by Gasteiger charge is -2.41. The summed E-state index contributed by atoms with van der Waals surface area (Å²) >= 11 is 0. The second-order valence-electron chi connectivity index (χ2n) is 7.03. The maximum Gasteiger partial charge on any atom is 0.458 e. The summed E-state index contributed by atoms with van der Waals surface area (Å²) in [5, 5.41) is 22.3. The molecule has 2 N–H and O–H groups in total. The summed E-state index contributed by atoms with van der Waals surface area (Å²) in [7, 11) is 1.70. The number of rotatable bonds is 3. The predicted molar refractivity (Wildman–Crippen MR) is 85.9 cm³/mol. The summed E-state index contributed by atoms with van der Waals surface area (Å²) < 4.78 is 66.0. The zero-order valence-electron chi connectivity index (χ0n) is 14.6. The number of aliphatic hydroxyl groups is 1. The Hall–Kier alpha value is -2.07. The fraction of sp³-hybridized carbons (Fsp3) is 0.529. The van der Waals surface area contributed by atoms with Crippen molar-refractivity contribution in [2.75, 3.05) is 0 Å². The van der Waals surface area contributed by atoms with Gasteiger partial charge in [-0.1, -0.05) is 29.5 Å². The Balaban J connectivity index is 1.88. The SMILES string of the molecule is C[C@H]1C[C@@](O)(c2ccc(C(F)(F)C(F)(F)F)cc2)C[C@@H](c2cn(C)nn2)N1. The molecule has 3 atom stereocenters. The quantitative estimate of drug-likeness (QED) is 0.791. The van der Waals surface area contributed by atoms with Crippen LogP contribution in [0.25, 0.3) is 0 Å². The molecule has 1 aliphatic rings. The molecule has 27 heavy (non-hydrogen) atoms. The number of halogens is 5. The smallest absolute Gasteiger partial charge is 0.385 e. The summed E-state index contributed by atoms with van der Waals surface area (Å²) in [5.74, 6) is -4.95. The monoisotopic (exact) mass is 390 g/mol. The molecule has 10 heteroatoms. The molecule has 1 aromatic carbocycles. The van der Waals surface area contributed by atoms with Gasteiger partial charge in [0.15, 0.2) is 0 Å². The number of hydrogen-bond acceptors (Lipinski definition) is 4. The van der Waals surface area contributed by atoms with Crippen LogP contribution in [0.3, 0.4) is 0 Å². The molecule has 148 valence electrons. The average molecular weight is 390 g/mol. The lowest BCUT2D eigenvalue weighted by atomic mass is 9.78. The van der Waals surface area contributed by atoms with Crippen molar-refractivity contribution in [3.63, 3.8) is 0 Å². The Kier molecular flexibility index (Phi) is 4.75. The summed E-state index contributed by atoms with van der Waals surface area (Å²) in [5.41, 5.74) is -1.65. The highest BCUT2D eigenvalue weighted by molar-refractivity contribution is 5.31. The van der Waals surface area contributed by atoms with Gasteiger partial charge in [-0.15, -0.1) is 5.10 Å². The van der Waals surface area contributed by atoms with E-state index < -0.39 is 23.3 Å². The van der Waals surface area contributed by atoms with Crippen LogP contribution in [0.5, 0.6) is 0 Å². The van der Waals surface area contributed by atoms with Crippen molar-refractivity contribution in [2.24, 2.45) is 7.05 Å². The van der Waals surface area contributed by atoms with E-state index in [2.05, 4.69) is 15.6 Å². The number of alkyl halides is 5. The van der Waals surface area contributed by atoms with Crippen LogP contribution < -0.4 is 5.32 Å². The molecule has 3 rings (SSSR count). The maximum absolute atomic E-state index is 13.5. The van der Waals surface area contributed by atoms with Gasteiger partial charge in [0.2, 0.25) is 0 Å². The van der Waals surface area contributed by atoms with Crippen molar-refractivity contribution in [3.05, 3.63) is 47.3 Å². The zero-order valence-corrected chi connectivity index (χ0v) is 14.6. The van der Waals surface area contributed by atoms with E-state index in [1.54, 1.807) is 13.2 Å². The standard InChI is InChI=1S/C17H19F5N4O/c1-10-7-15(27,8-13(23-10)14-9-26(2)25-24-14)11-3-5-12(6-4-11)16(18,19)17(20,21)22/h3-6,9-10,13,23,27H,7-8H2,1-2H3/t10-,13-,15-/m0/s1. The number of hydrogen-bond donors (Lipinski definition) is 2. The lowest BCUT2D eigenvalue weighted by molar-refractivity contribution is -0.289. The van der Waals surface area contributed by atoms with Gasteiger partial charge in [0.1, 0.15) is 0 Å². The van der Waals surface area contributed by atoms with E-state index in [9.17, 15) is 27.1 Å². The van der Waals surface area contributed by atoms with Gasteiger partial charge >= 0.3 is 12.1 Å². The van der Waals surface area contributed by atoms with Gasteiger partial charge in [-0.05, 0) is 18.9 Å². The highest BCUT2D eigenvalue weighted by atomic mass is 19.4. The first kappa shape index (κ1) is 19.7. The van der Waals surface area contributed by atoms with Gasteiger partial charge in [-0.25, -0.2) is 0 Å². The number of benzene rings is 1. The Morgan fingerprint density at radius 1 is 1.15 bits per heavy atom. The first-order valence-electron chi connectivity index (χ1n) is 8.32. The van der Waals surface area contributed by atoms with Crippen molar-refractivity contribution in [1.29, 1.82) is 0 Å². The minimum atomic E-state index is -5.67. The Labute approximate surface area is 152 Å². The van der Waals surface area contributed by atoms with Crippen LogP contribution >= 0.6 is 0 Å². The molecule has 0 aliphatic carbocycles. The molecule has 0 unspecified atom stereocenters. The van der Waals surface area contributed by atoms with E-state index in [1.165, 1.54) is 4.68 Å². The zero-order chi connectivity index (χ0) is 20.0. The fourth-order valence-corrected chi connectivity index (χ4v) is 3.49. The first-order valence-corrected chi connectivity index (χ1v) is 8.32. The summed E-state index contributed by atoms with van der Waals surface area (Å²) in [6.07, 6.45) is -3.52. The molecule has 0 saturated carbocycles. The van der Waals surface area contributed by atoms with Crippen molar-refractivity contribution in [3.8, 4) is 0 Å². The van der Waals surface area contributed by atoms with Crippen LogP contribution in [-0.4, -0.2) is 32.3 Å². The molecular weight excluding hydrogens is 371 g/mol. The van der Waals surface area contributed by atoms with Crippen LogP contribution in [0.4, 0.5) is 22.0 Å². The topological polar surface area (TPSA) is 63.0 Å². The Morgan fingerprint density at radius 3 is 2.30 bits per heavy atom. The Morgan fingerprint density at radius 2 is 1.78 bits per heavy atom. The van der Waals surface area contributed by atoms with Gasteiger partial charge in [-0.3, -0.25) is 4.68 Å². The molecule has 0 bridgehead atoms. The number of aromatic nitrogens is 3. The van der Waals surface area contributed by atoms with Crippen LogP contribution in [0.2, 0.25) is 0 Å². The van der Waals surface area contributed by atoms with E-state index in [0.29, 0.717) is 17.8 Å². The normalized spacial score (nSPS) is 27.0. The van der Waals surface area contributed by atoms with E-state index >= 15 is 0 Å². The molecule has 0 amide bonds. The maximum atomic E-state index is 13.5. The molecule has 0 spiro atoms. The van der Waals surface area contributed by atoms with Gasteiger partial charge in [0, 0.05) is 31.3 Å². The van der Waals surface area contributed by atoms with Gasteiger partial charge in [0.05, 0.1) is 17.3 Å². The van der Waals surface area contributed by atoms with E-state index in [-0.39, 0.29) is 30.5 Å². The number of nitrogens with zero attached hydrogens (tertiary/aromatic N) is 3. The molecule has 1 saturated heterocycles. The molecule has 0 radical (unpaired) electrons. The van der Waals surface area contributed by atoms with Crippen molar-refractivity contribution < 1.29 is 27.1 Å². The predicted octanol–water partition coefficient (Wildman–Crippen LogP) is 3.17. The third kappa shape index (κ3) is 3.68. The summed E-state index contributed by atoms with van der Waals surface area (Å²) in [6, 6.07) is 3.22. The Bertz CT molecular complexity index is 804. The van der Waals surface area contributed by atoms with Crippen molar-refractivity contribution in [2.45, 2.75) is 49.5 Å². The minimum absolute atomic E-state index is 0.132. The van der Waals surface area contributed by atoms with E-state index in [0.717, 1.165) is 12.1 Å². The van der Waals surface area contributed by atoms with Crippen LogP contribution in [0.15, 0.2) is 30.5 Å². The number of aryl methyl sites for hydroxylation is 1. The third-order valence-corrected chi connectivity index (χ3v) is 4.79. The summed E-state index contributed by atoms with van der Waals surface area (Å²) in [4.78, 5) is 0. The van der Waals surface area contributed by atoms with Crippen LogP contribution in [0, 0.1) is 0 Å². The molecular formula is C17H19F5N4O. The first-order chi connectivity index (χ1) is 12.4. The molecule has 5 nitrogen and oxygen atoms in total. The van der Waals surface area contributed by atoms with Gasteiger partial charge in [0.25, 0.3) is 0 Å². The van der Waals surface area contributed by atoms with Gasteiger partial charge < -0.3 is 10.4 Å².